The van der Waals surface area contributed by atoms with Crippen LogP contribution in [0.15, 0.2) is 18.2 Å². The predicted molar refractivity (Wildman–Crippen MR) is 69.0 cm³/mol. The third-order valence-electron chi connectivity index (χ3n) is 3.31. The van der Waals surface area contributed by atoms with Crippen LogP contribution >= 0.6 is 0 Å². The number of rotatable bonds is 4. The number of carbonyl (C=O) groups is 2. The van der Waals surface area contributed by atoms with E-state index in [9.17, 15) is 9.59 Å². The van der Waals surface area contributed by atoms with Gasteiger partial charge in [0.2, 0.25) is 0 Å². The molecule has 0 N–H and O–H groups in total. The molecule has 4 nitrogen and oxygen atoms in total. The Morgan fingerprint density at radius 2 is 2.11 bits per heavy atom. The molecule has 0 aromatic heterocycles. The number of benzene rings is 1. The minimum absolute atomic E-state index is 0.00208. The van der Waals surface area contributed by atoms with Crippen molar-refractivity contribution in [1.29, 1.82) is 0 Å². The van der Waals surface area contributed by atoms with Gasteiger partial charge in [-0.05, 0) is 30.2 Å². The second kappa shape index (κ2) is 5.21. The molecule has 1 aromatic carbocycles. The van der Waals surface area contributed by atoms with E-state index in [1.165, 1.54) is 18.4 Å². The van der Waals surface area contributed by atoms with E-state index in [1.807, 2.05) is 25.2 Å². The first-order valence-electron chi connectivity index (χ1n) is 6.06. The number of Topliss-reactive ketones (excluding diaryl/α,β-unsaturated/α-hetero) is 1. The van der Waals surface area contributed by atoms with E-state index in [-0.39, 0.29) is 24.6 Å². The maximum atomic E-state index is 11.9. The Kier molecular flexibility index (Phi) is 3.65. The topological polar surface area (TPSA) is 46.6 Å². The summed E-state index contributed by atoms with van der Waals surface area (Å²) in [5.74, 6) is -0.345. The van der Waals surface area contributed by atoms with Crippen molar-refractivity contribution in [3.05, 3.63) is 29.3 Å². The van der Waals surface area contributed by atoms with Crippen LogP contribution in [0.4, 0.5) is 5.69 Å². The largest absolute Gasteiger partial charge is 0.469 e. The first kappa shape index (κ1) is 12.6. The molecular weight excluding hydrogens is 230 g/mol. The Morgan fingerprint density at radius 1 is 1.33 bits per heavy atom. The van der Waals surface area contributed by atoms with Gasteiger partial charge >= 0.3 is 5.97 Å². The number of nitrogens with zero attached hydrogens (tertiary/aromatic N) is 1. The molecule has 0 radical (unpaired) electrons. The fourth-order valence-corrected chi connectivity index (χ4v) is 2.20. The molecule has 4 heteroatoms. The molecule has 0 aliphatic carbocycles. The van der Waals surface area contributed by atoms with Crippen LogP contribution in [-0.4, -0.2) is 32.5 Å². The van der Waals surface area contributed by atoms with Gasteiger partial charge in [0, 0.05) is 31.3 Å². The van der Waals surface area contributed by atoms with Crippen LogP contribution in [0, 0.1) is 0 Å². The molecule has 0 unspecified atom stereocenters. The number of ketones is 1. The third-order valence-corrected chi connectivity index (χ3v) is 3.31. The van der Waals surface area contributed by atoms with Gasteiger partial charge in [0.1, 0.15) is 0 Å². The van der Waals surface area contributed by atoms with Crippen LogP contribution < -0.4 is 4.90 Å². The Bertz CT molecular complexity index is 482. The Balaban J connectivity index is 2.06. The maximum absolute atomic E-state index is 11.9. The molecule has 0 saturated heterocycles. The van der Waals surface area contributed by atoms with Gasteiger partial charge in [-0.1, -0.05) is 0 Å². The summed E-state index contributed by atoms with van der Waals surface area (Å²) in [7, 11) is 3.38. The lowest BCUT2D eigenvalue weighted by atomic mass is 10.0. The number of fused-ring (bicyclic) bond motifs is 1. The number of hydrogen-bond acceptors (Lipinski definition) is 4. The van der Waals surface area contributed by atoms with Gasteiger partial charge in [0.25, 0.3) is 0 Å². The molecule has 0 amide bonds. The Hall–Kier alpha value is -1.84. The van der Waals surface area contributed by atoms with Gasteiger partial charge in [-0.15, -0.1) is 0 Å². The molecular formula is C14H17NO3. The molecule has 0 atom stereocenters. The fraction of sp³-hybridized carbons (Fsp3) is 0.429. The first-order valence-corrected chi connectivity index (χ1v) is 6.06. The summed E-state index contributed by atoms with van der Waals surface area (Å²) in [5, 5.41) is 0. The predicted octanol–water partition coefficient (Wildman–Crippen LogP) is 1.81. The SMILES string of the molecule is COC(=O)CCC(=O)c1ccc2c(c1)CCN2C. The van der Waals surface area contributed by atoms with Gasteiger partial charge in [0.05, 0.1) is 13.5 Å². The number of anilines is 1. The van der Waals surface area contributed by atoms with Gasteiger partial charge < -0.3 is 9.64 Å². The highest BCUT2D eigenvalue weighted by Crippen LogP contribution is 2.27. The van der Waals surface area contributed by atoms with Gasteiger partial charge in [-0.2, -0.15) is 0 Å². The van der Waals surface area contributed by atoms with E-state index >= 15 is 0 Å². The van der Waals surface area contributed by atoms with Gasteiger partial charge in [-0.3, -0.25) is 9.59 Å². The standard InChI is InChI=1S/C14H17NO3/c1-15-8-7-10-9-11(3-4-12(10)15)13(16)5-6-14(17)18-2/h3-4,9H,5-8H2,1-2H3. The second-order valence-electron chi connectivity index (χ2n) is 4.51. The zero-order valence-corrected chi connectivity index (χ0v) is 10.7. The summed E-state index contributed by atoms with van der Waals surface area (Å²) in [6.45, 7) is 0.995. The lowest BCUT2D eigenvalue weighted by Crippen LogP contribution is -2.12. The van der Waals surface area contributed by atoms with E-state index in [2.05, 4.69) is 9.64 Å². The zero-order valence-electron chi connectivity index (χ0n) is 10.7. The monoisotopic (exact) mass is 247 g/mol. The van der Waals surface area contributed by atoms with Crippen LogP contribution in [0.1, 0.15) is 28.8 Å². The molecule has 1 aliphatic heterocycles. The summed E-state index contributed by atoms with van der Waals surface area (Å²) in [6, 6.07) is 5.76. The molecule has 0 spiro atoms. The van der Waals surface area contributed by atoms with E-state index in [0.717, 1.165) is 13.0 Å². The minimum atomic E-state index is -0.343. The molecule has 1 heterocycles. The highest BCUT2D eigenvalue weighted by molar-refractivity contribution is 5.98. The molecule has 18 heavy (non-hydrogen) atoms. The van der Waals surface area contributed by atoms with Crippen molar-refractivity contribution in [2.45, 2.75) is 19.3 Å². The van der Waals surface area contributed by atoms with Crippen LogP contribution in [0.25, 0.3) is 0 Å². The average Bonchev–Trinajstić information content (AvgIpc) is 2.76. The van der Waals surface area contributed by atoms with E-state index < -0.39 is 0 Å². The fourth-order valence-electron chi connectivity index (χ4n) is 2.20. The second-order valence-corrected chi connectivity index (χ2v) is 4.51. The summed E-state index contributed by atoms with van der Waals surface area (Å²) in [4.78, 5) is 25.1. The van der Waals surface area contributed by atoms with Crippen molar-refractivity contribution in [3.63, 3.8) is 0 Å². The number of hydrogen-bond donors (Lipinski definition) is 0. The van der Waals surface area contributed by atoms with Gasteiger partial charge in [0.15, 0.2) is 5.78 Å². The number of likely N-dealkylation sites (N-methyl/N-ethyl adjacent to an activating group) is 1. The van der Waals surface area contributed by atoms with E-state index in [0.29, 0.717) is 5.56 Å². The number of ether oxygens (including phenoxy) is 1. The highest BCUT2D eigenvalue weighted by Gasteiger charge is 2.17. The van der Waals surface area contributed by atoms with Crippen LogP contribution in [0.3, 0.4) is 0 Å². The van der Waals surface area contributed by atoms with Crippen molar-refractivity contribution >= 4 is 17.4 Å². The highest BCUT2D eigenvalue weighted by atomic mass is 16.5. The van der Waals surface area contributed by atoms with E-state index in [1.54, 1.807) is 0 Å². The lowest BCUT2D eigenvalue weighted by molar-refractivity contribution is -0.140. The molecule has 96 valence electrons. The van der Waals surface area contributed by atoms with Crippen molar-refractivity contribution in [2.24, 2.45) is 0 Å². The van der Waals surface area contributed by atoms with Crippen LogP contribution in [0.2, 0.25) is 0 Å². The van der Waals surface area contributed by atoms with Crippen molar-refractivity contribution in [2.75, 3.05) is 25.6 Å². The normalized spacial score (nSPS) is 13.3. The number of esters is 1. The molecule has 1 aromatic rings. The smallest absolute Gasteiger partial charge is 0.305 e. The summed E-state index contributed by atoms with van der Waals surface area (Å²) < 4.78 is 4.53. The molecule has 1 aliphatic rings. The lowest BCUT2D eigenvalue weighted by Gasteiger charge is -2.11. The Labute approximate surface area is 107 Å². The number of carbonyl (C=O) groups excluding carboxylic acids is 2. The summed E-state index contributed by atoms with van der Waals surface area (Å²) in [5.41, 5.74) is 3.09. The van der Waals surface area contributed by atoms with Crippen LogP contribution in [0.5, 0.6) is 0 Å². The van der Waals surface area contributed by atoms with Crippen molar-refractivity contribution in [3.8, 4) is 0 Å². The third kappa shape index (κ3) is 2.53. The number of methoxy groups -OCH3 is 1. The molecule has 0 fully saturated rings. The first-order chi connectivity index (χ1) is 8.61. The van der Waals surface area contributed by atoms with Gasteiger partial charge in [-0.25, -0.2) is 0 Å². The minimum Gasteiger partial charge on any atom is -0.469 e. The van der Waals surface area contributed by atoms with Crippen molar-refractivity contribution in [1.82, 2.24) is 0 Å². The summed E-state index contributed by atoms with van der Waals surface area (Å²) in [6.07, 6.45) is 1.33. The van der Waals surface area contributed by atoms with Crippen LogP contribution in [-0.2, 0) is 16.0 Å². The molecule has 0 bridgehead atoms. The molecule has 0 saturated carbocycles. The maximum Gasteiger partial charge on any atom is 0.305 e. The molecule has 2 rings (SSSR count). The quantitative estimate of drug-likeness (QED) is 0.601. The summed E-state index contributed by atoms with van der Waals surface area (Å²) >= 11 is 0. The average molecular weight is 247 g/mol. The Morgan fingerprint density at radius 3 is 2.83 bits per heavy atom. The zero-order chi connectivity index (χ0) is 13.1. The van der Waals surface area contributed by atoms with E-state index in [4.69, 9.17) is 0 Å². The van der Waals surface area contributed by atoms with Crippen molar-refractivity contribution < 1.29 is 14.3 Å².